The van der Waals surface area contributed by atoms with Crippen molar-refractivity contribution >= 4 is 37.4 Å². The van der Waals surface area contributed by atoms with Crippen LogP contribution >= 0.6 is 27.5 Å². The first kappa shape index (κ1) is 14.9. The van der Waals surface area contributed by atoms with E-state index < -0.39 is 9.84 Å². The Balaban J connectivity index is 2.99. The van der Waals surface area contributed by atoms with Crippen LogP contribution in [0.2, 0.25) is 0 Å². The SMILES string of the molecule is Cc1c(S(=O)(=O)CCCCBr)ccnc1CCl. The van der Waals surface area contributed by atoms with Gasteiger partial charge in [0.15, 0.2) is 9.84 Å². The van der Waals surface area contributed by atoms with Gasteiger partial charge in [-0.2, -0.15) is 0 Å². The minimum absolute atomic E-state index is 0.172. The van der Waals surface area contributed by atoms with Gasteiger partial charge in [-0.1, -0.05) is 15.9 Å². The molecule has 1 heterocycles. The summed E-state index contributed by atoms with van der Waals surface area (Å²) in [5.74, 6) is 0.405. The van der Waals surface area contributed by atoms with Crippen LogP contribution in [0.3, 0.4) is 0 Å². The van der Waals surface area contributed by atoms with E-state index in [0.717, 1.165) is 11.8 Å². The first-order valence-electron chi connectivity index (χ1n) is 5.32. The van der Waals surface area contributed by atoms with Gasteiger partial charge < -0.3 is 0 Å². The highest BCUT2D eigenvalue weighted by molar-refractivity contribution is 9.09. The van der Waals surface area contributed by atoms with Crippen molar-refractivity contribution in [1.82, 2.24) is 4.98 Å². The smallest absolute Gasteiger partial charge is 0.178 e. The molecule has 0 saturated heterocycles. The monoisotopic (exact) mass is 339 g/mol. The lowest BCUT2D eigenvalue weighted by atomic mass is 10.2. The van der Waals surface area contributed by atoms with Crippen LogP contribution in [0.5, 0.6) is 0 Å². The summed E-state index contributed by atoms with van der Waals surface area (Å²) >= 11 is 9.01. The Hall–Kier alpha value is -0.130. The molecule has 0 saturated carbocycles. The molecule has 3 nitrogen and oxygen atoms in total. The molecule has 0 bridgehead atoms. The maximum atomic E-state index is 12.1. The van der Waals surface area contributed by atoms with Crippen LogP contribution in [0.1, 0.15) is 24.1 Å². The molecule has 96 valence electrons. The molecule has 0 aliphatic carbocycles. The van der Waals surface area contributed by atoms with Crippen molar-refractivity contribution in [2.75, 3.05) is 11.1 Å². The lowest BCUT2D eigenvalue weighted by Crippen LogP contribution is -2.10. The van der Waals surface area contributed by atoms with Crippen LogP contribution < -0.4 is 0 Å². The maximum Gasteiger partial charge on any atom is 0.178 e. The molecule has 1 aromatic rings. The Morgan fingerprint density at radius 3 is 2.71 bits per heavy atom. The van der Waals surface area contributed by atoms with Crippen LogP contribution in [-0.4, -0.2) is 24.5 Å². The molecule has 0 aromatic carbocycles. The van der Waals surface area contributed by atoms with Crippen LogP contribution in [0.15, 0.2) is 17.2 Å². The van der Waals surface area contributed by atoms with Crippen molar-refractivity contribution in [3.63, 3.8) is 0 Å². The van der Waals surface area contributed by atoms with Gasteiger partial charge in [0.1, 0.15) is 0 Å². The summed E-state index contributed by atoms with van der Waals surface area (Å²) in [5, 5.41) is 0.824. The number of hydrogen-bond donors (Lipinski definition) is 0. The largest absolute Gasteiger partial charge is 0.260 e. The third-order valence-electron chi connectivity index (χ3n) is 2.52. The van der Waals surface area contributed by atoms with E-state index >= 15 is 0 Å². The van der Waals surface area contributed by atoms with Crippen LogP contribution in [0.4, 0.5) is 0 Å². The first-order valence-corrected chi connectivity index (χ1v) is 8.63. The van der Waals surface area contributed by atoms with E-state index in [0.29, 0.717) is 22.6 Å². The number of nitrogens with zero attached hydrogens (tertiary/aromatic N) is 1. The second-order valence-electron chi connectivity index (χ2n) is 3.73. The number of pyridine rings is 1. The number of hydrogen-bond acceptors (Lipinski definition) is 3. The van der Waals surface area contributed by atoms with Crippen LogP contribution in [0.25, 0.3) is 0 Å². The molecule has 0 N–H and O–H groups in total. The van der Waals surface area contributed by atoms with Gasteiger partial charge >= 0.3 is 0 Å². The topological polar surface area (TPSA) is 47.0 Å². The fourth-order valence-electron chi connectivity index (χ4n) is 1.53. The van der Waals surface area contributed by atoms with E-state index in [1.165, 1.54) is 6.20 Å². The van der Waals surface area contributed by atoms with Crippen molar-refractivity contribution in [2.45, 2.75) is 30.5 Å². The van der Waals surface area contributed by atoms with Gasteiger partial charge in [-0.15, -0.1) is 11.6 Å². The Morgan fingerprint density at radius 1 is 1.41 bits per heavy atom. The van der Waals surface area contributed by atoms with Crippen molar-refractivity contribution in [3.8, 4) is 0 Å². The summed E-state index contributed by atoms with van der Waals surface area (Å²) < 4.78 is 24.2. The standard InChI is InChI=1S/C11H15BrClNO2S/c1-9-10(8-13)14-6-4-11(9)17(15,16)7-3-2-5-12/h4,6H,2-3,5,7-8H2,1H3. The quantitative estimate of drug-likeness (QED) is 0.590. The molecular weight excluding hydrogens is 326 g/mol. The zero-order valence-electron chi connectivity index (χ0n) is 9.62. The molecule has 1 aromatic heterocycles. The molecular formula is C11H15BrClNO2S. The summed E-state index contributed by atoms with van der Waals surface area (Å²) in [7, 11) is -3.22. The van der Waals surface area contributed by atoms with Crippen LogP contribution in [0, 0.1) is 6.92 Å². The molecule has 0 atom stereocenters. The number of aromatic nitrogens is 1. The van der Waals surface area contributed by atoms with Gasteiger partial charge in [-0.3, -0.25) is 4.98 Å². The number of rotatable bonds is 6. The summed E-state index contributed by atoms with van der Waals surface area (Å²) in [6.07, 6.45) is 3.01. The van der Waals surface area contributed by atoms with Gasteiger partial charge in [-0.25, -0.2) is 8.42 Å². The van der Waals surface area contributed by atoms with E-state index in [4.69, 9.17) is 11.6 Å². The van der Waals surface area contributed by atoms with Crippen molar-refractivity contribution in [1.29, 1.82) is 0 Å². The molecule has 0 radical (unpaired) electrons. The predicted molar refractivity (Wildman–Crippen MR) is 73.6 cm³/mol. The van der Waals surface area contributed by atoms with Crippen LogP contribution in [-0.2, 0) is 15.7 Å². The van der Waals surface area contributed by atoms with Gasteiger partial charge in [0.25, 0.3) is 0 Å². The Morgan fingerprint density at radius 2 is 2.12 bits per heavy atom. The average Bonchev–Trinajstić information content (AvgIpc) is 2.29. The number of halogens is 2. The molecule has 0 spiro atoms. The maximum absolute atomic E-state index is 12.1. The molecule has 0 amide bonds. The molecule has 6 heteroatoms. The van der Waals surface area contributed by atoms with E-state index in [2.05, 4.69) is 20.9 Å². The van der Waals surface area contributed by atoms with Crippen molar-refractivity contribution in [3.05, 3.63) is 23.5 Å². The van der Waals surface area contributed by atoms with Gasteiger partial charge in [0, 0.05) is 11.5 Å². The van der Waals surface area contributed by atoms with Gasteiger partial charge in [0.05, 0.1) is 22.2 Å². The summed E-state index contributed by atoms with van der Waals surface area (Å²) in [6, 6.07) is 1.55. The highest BCUT2D eigenvalue weighted by Crippen LogP contribution is 2.20. The zero-order chi connectivity index (χ0) is 12.9. The fraction of sp³-hybridized carbons (Fsp3) is 0.545. The molecule has 0 unspecified atom stereocenters. The zero-order valence-corrected chi connectivity index (χ0v) is 12.8. The number of sulfone groups is 1. The Bertz CT molecular complexity index is 476. The molecule has 17 heavy (non-hydrogen) atoms. The Kier molecular flexibility index (Phi) is 5.89. The number of unbranched alkanes of at least 4 members (excludes halogenated alkanes) is 1. The highest BCUT2D eigenvalue weighted by Gasteiger charge is 2.18. The number of alkyl halides is 2. The lowest BCUT2D eigenvalue weighted by molar-refractivity contribution is 0.592. The van der Waals surface area contributed by atoms with Gasteiger partial charge in [-0.05, 0) is 31.4 Å². The van der Waals surface area contributed by atoms with Crippen molar-refractivity contribution < 1.29 is 8.42 Å². The minimum Gasteiger partial charge on any atom is -0.260 e. The van der Waals surface area contributed by atoms with E-state index in [1.807, 2.05) is 0 Å². The van der Waals surface area contributed by atoms with Gasteiger partial charge in [0.2, 0.25) is 0 Å². The molecule has 0 aliphatic rings. The highest BCUT2D eigenvalue weighted by atomic mass is 79.9. The van der Waals surface area contributed by atoms with E-state index in [1.54, 1.807) is 13.0 Å². The first-order chi connectivity index (χ1) is 8.03. The van der Waals surface area contributed by atoms with E-state index in [9.17, 15) is 8.42 Å². The lowest BCUT2D eigenvalue weighted by Gasteiger charge is -2.09. The normalized spacial score (nSPS) is 11.7. The third kappa shape index (κ3) is 3.93. The minimum atomic E-state index is -3.22. The summed E-state index contributed by atoms with van der Waals surface area (Å²) in [6.45, 7) is 1.75. The summed E-state index contributed by atoms with van der Waals surface area (Å²) in [4.78, 5) is 4.42. The second-order valence-corrected chi connectivity index (χ2v) is 6.87. The molecule has 0 aliphatic heterocycles. The Labute approximate surface area is 116 Å². The molecule has 0 fully saturated rings. The summed E-state index contributed by atoms with van der Waals surface area (Å²) in [5.41, 5.74) is 1.30. The fourth-order valence-corrected chi connectivity index (χ4v) is 3.85. The van der Waals surface area contributed by atoms with E-state index in [-0.39, 0.29) is 11.6 Å². The molecule has 1 rings (SSSR count). The average molecular weight is 341 g/mol. The second kappa shape index (κ2) is 6.71. The third-order valence-corrected chi connectivity index (χ3v) is 5.27. The van der Waals surface area contributed by atoms with Crippen molar-refractivity contribution in [2.24, 2.45) is 0 Å². The predicted octanol–water partition coefficient (Wildman–Crippen LogP) is 3.08.